The molecule has 3 N–H and O–H groups in total. The molecule has 168 valence electrons. The van der Waals surface area contributed by atoms with Gasteiger partial charge in [0.05, 0.1) is 12.3 Å². The van der Waals surface area contributed by atoms with Crippen LogP contribution in [0.5, 0.6) is 0 Å². The Morgan fingerprint density at radius 1 is 1.10 bits per heavy atom. The van der Waals surface area contributed by atoms with E-state index in [4.69, 9.17) is 4.74 Å². The molecule has 0 radical (unpaired) electrons. The summed E-state index contributed by atoms with van der Waals surface area (Å²) in [6, 6.07) is 7.41. The largest absolute Gasteiger partial charge is 0.382 e. The van der Waals surface area contributed by atoms with Crippen molar-refractivity contribution in [3.63, 3.8) is 0 Å². The Hall–Kier alpha value is -0.910. The van der Waals surface area contributed by atoms with Gasteiger partial charge in [-0.1, -0.05) is 24.3 Å². The molecular formula is C20H37IN4O3S. The van der Waals surface area contributed by atoms with Crippen molar-refractivity contribution in [1.82, 2.24) is 15.4 Å². The van der Waals surface area contributed by atoms with E-state index in [9.17, 15) is 8.42 Å². The zero-order chi connectivity index (χ0) is 20.8. The Labute approximate surface area is 193 Å². The fourth-order valence-electron chi connectivity index (χ4n) is 2.64. The van der Waals surface area contributed by atoms with Gasteiger partial charge in [-0.2, -0.15) is 0 Å². The smallest absolute Gasteiger partial charge is 0.216 e. The maximum absolute atomic E-state index is 12.3. The van der Waals surface area contributed by atoms with E-state index in [0.717, 1.165) is 56.2 Å². The molecule has 0 fully saturated rings. The van der Waals surface area contributed by atoms with Gasteiger partial charge >= 0.3 is 0 Å². The summed E-state index contributed by atoms with van der Waals surface area (Å²) in [4.78, 5) is 4.62. The van der Waals surface area contributed by atoms with Gasteiger partial charge in [-0.3, -0.25) is 0 Å². The van der Waals surface area contributed by atoms with Crippen molar-refractivity contribution in [1.29, 1.82) is 0 Å². The van der Waals surface area contributed by atoms with Gasteiger partial charge in [-0.05, 0) is 51.7 Å². The van der Waals surface area contributed by atoms with Gasteiger partial charge in [0.2, 0.25) is 10.0 Å². The highest BCUT2D eigenvalue weighted by atomic mass is 127. The molecule has 1 rings (SSSR count). The zero-order valence-electron chi connectivity index (χ0n) is 18.0. The van der Waals surface area contributed by atoms with Gasteiger partial charge in [0.15, 0.2) is 5.96 Å². The summed E-state index contributed by atoms with van der Waals surface area (Å²) < 4.78 is 32.5. The third kappa shape index (κ3) is 13.1. The number of benzene rings is 1. The third-order valence-corrected chi connectivity index (χ3v) is 5.36. The van der Waals surface area contributed by atoms with Crippen molar-refractivity contribution in [2.24, 2.45) is 4.99 Å². The first-order valence-corrected chi connectivity index (χ1v) is 11.7. The lowest BCUT2D eigenvalue weighted by atomic mass is 10.1. The molecule has 0 spiro atoms. The fraction of sp³-hybridized carbons (Fsp3) is 0.650. The molecule has 29 heavy (non-hydrogen) atoms. The number of hydrogen-bond donors (Lipinski definition) is 3. The van der Waals surface area contributed by atoms with Crippen LogP contribution in [-0.2, 0) is 27.1 Å². The number of nitrogens with zero attached hydrogens (tertiary/aromatic N) is 1. The number of halogens is 1. The second kappa shape index (κ2) is 15.9. The van der Waals surface area contributed by atoms with E-state index in [0.29, 0.717) is 6.54 Å². The molecule has 7 nitrogen and oxygen atoms in total. The van der Waals surface area contributed by atoms with E-state index in [2.05, 4.69) is 20.3 Å². The van der Waals surface area contributed by atoms with E-state index in [-0.39, 0.29) is 35.8 Å². The summed E-state index contributed by atoms with van der Waals surface area (Å²) >= 11 is 0. The van der Waals surface area contributed by atoms with E-state index >= 15 is 0 Å². The first kappa shape index (κ1) is 28.1. The van der Waals surface area contributed by atoms with Crippen LogP contribution in [0.2, 0.25) is 0 Å². The highest BCUT2D eigenvalue weighted by Crippen LogP contribution is 2.13. The predicted octanol–water partition coefficient (Wildman–Crippen LogP) is 3.00. The molecule has 0 amide bonds. The van der Waals surface area contributed by atoms with Gasteiger partial charge in [0.1, 0.15) is 0 Å². The second-order valence-corrected chi connectivity index (χ2v) is 8.58. The van der Waals surface area contributed by atoms with Crippen LogP contribution < -0.4 is 15.4 Å². The molecule has 0 atom stereocenters. The van der Waals surface area contributed by atoms with E-state index in [1.807, 2.05) is 52.0 Å². The number of unbranched alkanes of at least 4 members (excludes halogenated alkanes) is 1. The Bertz CT molecular complexity index is 697. The number of guanidine groups is 1. The van der Waals surface area contributed by atoms with E-state index in [1.54, 1.807) is 0 Å². The van der Waals surface area contributed by atoms with Crippen LogP contribution in [0.15, 0.2) is 29.3 Å². The SMILES string of the molecule is CCNC(=NCc1ccccc1CS(=O)(=O)NC(C)C)NCCCCOCC.I. The van der Waals surface area contributed by atoms with Crippen molar-refractivity contribution in [3.05, 3.63) is 35.4 Å². The molecule has 0 saturated carbocycles. The van der Waals surface area contributed by atoms with Crippen LogP contribution in [0, 0.1) is 0 Å². The minimum Gasteiger partial charge on any atom is -0.382 e. The van der Waals surface area contributed by atoms with Gasteiger partial charge in [0.25, 0.3) is 0 Å². The van der Waals surface area contributed by atoms with Gasteiger partial charge < -0.3 is 15.4 Å². The van der Waals surface area contributed by atoms with Crippen LogP contribution in [0.4, 0.5) is 0 Å². The number of aliphatic imine (C=N–C) groups is 1. The Morgan fingerprint density at radius 3 is 2.41 bits per heavy atom. The molecule has 9 heteroatoms. The highest BCUT2D eigenvalue weighted by molar-refractivity contribution is 14.0. The lowest BCUT2D eigenvalue weighted by Crippen LogP contribution is -2.37. The van der Waals surface area contributed by atoms with Crippen molar-refractivity contribution >= 4 is 40.0 Å². The van der Waals surface area contributed by atoms with Crippen molar-refractivity contribution in [2.75, 3.05) is 26.3 Å². The molecule has 1 aromatic rings. The first-order valence-electron chi connectivity index (χ1n) is 10.0. The number of nitrogens with one attached hydrogen (secondary N) is 3. The molecule has 0 aliphatic rings. The number of sulfonamides is 1. The molecule has 0 aliphatic carbocycles. The van der Waals surface area contributed by atoms with Crippen LogP contribution in [0.25, 0.3) is 0 Å². The summed E-state index contributed by atoms with van der Waals surface area (Å²) in [5.41, 5.74) is 1.68. The number of rotatable bonds is 13. The Morgan fingerprint density at radius 2 is 1.79 bits per heavy atom. The highest BCUT2D eigenvalue weighted by Gasteiger charge is 2.15. The molecule has 0 bridgehead atoms. The maximum atomic E-state index is 12.3. The third-order valence-electron chi connectivity index (χ3n) is 3.84. The van der Waals surface area contributed by atoms with Crippen LogP contribution in [0.3, 0.4) is 0 Å². The quantitative estimate of drug-likeness (QED) is 0.155. The summed E-state index contributed by atoms with van der Waals surface area (Å²) in [5, 5.41) is 6.54. The van der Waals surface area contributed by atoms with Crippen LogP contribution in [-0.4, -0.2) is 46.7 Å². The van der Waals surface area contributed by atoms with Crippen molar-refractivity contribution in [2.45, 2.75) is 58.9 Å². The topological polar surface area (TPSA) is 91.8 Å². The lowest BCUT2D eigenvalue weighted by Gasteiger charge is -2.13. The van der Waals surface area contributed by atoms with Crippen LogP contribution >= 0.6 is 24.0 Å². The minimum atomic E-state index is -3.37. The lowest BCUT2D eigenvalue weighted by molar-refractivity contribution is 0.143. The summed E-state index contributed by atoms with van der Waals surface area (Å²) in [5.74, 6) is 0.690. The molecule has 0 heterocycles. The number of ether oxygens (including phenoxy) is 1. The van der Waals surface area contributed by atoms with E-state index in [1.165, 1.54) is 0 Å². The second-order valence-electron chi connectivity index (χ2n) is 6.83. The standard InChI is InChI=1S/C20H36N4O3S.HI/c1-5-21-20(22-13-9-10-14-27-6-2)23-15-18-11-7-8-12-19(18)16-28(25,26)24-17(3)4;/h7-8,11-12,17,24H,5-6,9-10,13-16H2,1-4H3,(H2,21,22,23);1H. The van der Waals surface area contributed by atoms with Crippen LogP contribution in [0.1, 0.15) is 51.7 Å². The molecule has 0 aromatic heterocycles. The zero-order valence-corrected chi connectivity index (χ0v) is 21.2. The summed E-state index contributed by atoms with van der Waals surface area (Å²) in [7, 11) is -3.37. The van der Waals surface area contributed by atoms with Crippen molar-refractivity contribution < 1.29 is 13.2 Å². The summed E-state index contributed by atoms with van der Waals surface area (Å²) in [6.45, 7) is 11.2. The number of hydrogen-bond acceptors (Lipinski definition) is 4. The Balaban J connectivity index is 0.00000784. The monoisotopic (exact) mass is 540 g/mol. The average molecular weight is 541 g/mol. The average Bonchev–Trinajstić information content (AvgIpc) is 2.62. The molecule has 0 saturated heterocycles. The summed E-state index contributed by atoms with van der Waals surface area (Å²) in [6.07, 6.45) is 2.00. The first-order chi connectivity index (χ1) is 13.4. The van der Waals surface area contributed by atoms with E-state index < -0.39 is 10.0 Å². The normalized spacial score (nSPS) is 12.0. The van der Waals surface area contributed by atoms with Crippen molar-refractivity contribution in [3.8, 4) is 0 Å². The molecular weight excluding hydrogens is 503 g/mol. The Kier molecular flexibility index (Phi) is 15.4. The minimum absolute atomic E-state index is 0. The van der Waals surface area contributed by atoms with Gasteiger partial charge in [0, 0.05) is 32.3 Å². The fourth-order valence-corrected chi connectivity index (χ4v) is 4.14. The molecule has 1 aromatic carbocycles. The molecule has 0 aliphatic heterocycles. The van der Waals surface area contributed by atoms with Gasteiger partial charge in [-0.25, -0.2) is 18.1 Å². The van der Waals surface area contributed by atoms with Gasteiger partial charge in [-0.15, -0.1) is 24.0 Å². The molecule has 0 unspecified atom stereocenters. The maximum Gasteiger partial charge on any atom is 0.216 e. The predicted molar refractivity (Wildman–Crippen MR) is 131 cm³/mol.